The summed E-state index contributed by atoms with van der Waals surface area (Å²) in [6.45, 7) is 1.50. The van der Waals surface area contributed by atoms with Gasteiger partial charge in [0.1, 0.15) is 11.6 Å². The lowest BCUT2D eigenvalue weighted by atomic mass is 10.2. The molecule has 0 amide bonds. The Balaban J connectivity index is 1.47. The van der Waals surface area contributed by atoms with E-state index in [1.165, 1.54) is 0 Å². The maximum atomic E-state index is 6.14. The quantitative estimate of drug-likeness (QED) is 0.310. The van der Waals surface area contributed by atoms with Crippen LogP contribution in [-0.2, 0) is 6.54 Å². The van der Waals surface area contributed by atoms with E-state index in [0.717, 1.165) is 52.6 Å². The van der Waals surface area contributed by atoms with Crippen LogP contribution in [0.4, 0.5) is 0 Å². The van der Waals surface area contributed by atoms with Gasteiger partial charge in [-0.25, -0.2) is 4.98 Å². The number of halogens is 2. The number of imidazole rings is 1. The van der Waals surface area contributed by atoms with E-state index in [-0.39, 0.29) is 0 Å². The molecular formula is C23H20Cl2N2O. The number of benzene rings is 3. The molecule has 0 radical (unpaired) electrons. The van der Waals surface area contributed by atoms with Crippen molar-refractivity contribution in [3.63, 3.8) is 0 Å². The summed E-state index contributed by atoms with van der Waals surface area (Å²) >= 11 is 12.2. The van der Waals surface area contributed by atoms with Gasteiger partial charge in [0.15, 0.2) is 0 Å². The van der Waals surface area contributed by atoms with Crippen molar-refractivity contribution in [2.24, 2.45) is 0 Å². The fraction of sp³-hybridized carbons (Fsp3) is 0.174. The molecule has 0 aliphatic carbocycles. The van der Waals surface area contributed by atoms with Gasteiger partial charge in [-0.2, -0.15) is 0 Å². The molecule has 0 saturated heterocycles. The smallest absolute Gasteiger partial charge is 0.141 e. The van der Waals surface area contributed by atoms with Crippen LogP contribution in [-0.4, -0.2) is 16.2 Å². The molecular weight excluding hydrogens is 391 g/mol. The number of rotatable bonds is 7. The molecule has 0 aliphatic heterocycles. The lowest BCUT2D eigenvalue weighted by Gasteiger charge is -2.11. The average Bonchev–Trinajstić information content (AvgIpc) is 3.08. The van der Waals surface area contributed by atoms with Crippen LogP contribution in [0.15, 0.2) is 72.8 Å². The molecule has 0 bridgehead atoms. The summed E-state index contributed by atoms with van der Waals surface area (Å²) in [6, 6.07) is 23.6. The Hall–Kier alpha value is -2.49. The van der Waals surface area contributed by atoms with Crippen molar-refractivity contribution in [3.05, 3.63) is 82.8 Å². The summed E-state index contributed by atoms with van der Waals surface area (Å²) in [4.78, 5) is 4.84. The Morgan fingerprint density at radius 2 is 1.57 bits per heavy atom. The summed E-state index contributed by atoms with van der Waals surface area (Å²) in [6.07, 6.45) is 1.91. The zero-order chi connectivity index (χ0) is 19.3. The zero-order valence-corrected chi connectivity index (χ0v) is 16.8. The second-order valence-corrected chi connectivity index (χ2v) is 7.41. The highest BCUT2D eigenvalue weighted by Gasteiger charge is 2.12. The number of hydrogen-bond acceptors (Lipinski definition) is 2. The third-order valence-electron chi connectivity index (χ3n) is 4.63. The minimum atomic E-state index is 0.632. The van der Waals surface area contributed by atoms with E-state index < -0.39 is 0 Å². The average molecular weight is 411 g/mol. The number of unbranched alkanes of at least 4 members (excludes halogenated alkanes) is 1. The standard InChI is InChI=1S/C23H20Cl2N2O/c24-18-13-11-17(12-14-18)23-26-20-8-2-3-9-21(20)27(23)15-5-6-16-28-22-10-4-1-7-19(22)25/h1-4,7-14H,5-6,15-16H2. The fourth-order valence-electron chi connectivity index (χ4n) is 3.24. The van der Waals surface area contributed by atoms with Crippen LogP contribution in [0.1, 0.15) is 12.8 Å². The van der Waals surface area contributed by atoms with Crippen molar-refractivity contribution in [1.29, 1.82) is 0 Å². The van der Waals surface area contributed by atoms with Gasteiger partial charge in [0.2, 0.25) is 0 Å². The molecule has 1 heterocycles. The van der Waals surface area contributed by atoms with Gasteiger partial charge >= 0.3 is 0 Å². The van der Waals surface area contributed by atoms with Crippen LogP contribution in [0.25, 0.3) is 22.4 Å². The molecule has 0 atom stereocenters. The fourth-order valence-corrected chi connectivity index (χ4v) is 3.55. The molecule has 0 unspecified atom stereocenters. The van der Waals surface area contributed by atoms with Gasteiger partial charge in [-0.3, -0.25) is 0 Å². The van der Waals surface area contributed by atoms with E-state index in [0.29, 0.717) is 11.6 Å². The minimum Gasteiger partial charge on any atom is -0.492 e. The van der Waals surface area contributed by atoms with E-state index in [1.54, 1.807) is 0 Å². The Morgan fingerprint density at radius 1 is 0.821 bits per heavy atom. The van der Waals surface area contributed by atoms with Gasteiger partial charge in [0.25, 0.3) is 0 Å². The van der Waals surface area contributed by atoms with Crippen molar-refractivity contribution in [2.75, 3.05) is 6.61 Å². The monoisotopic (exact) mass is 410 g/mol. The molecule has 3 aromatic carbocycles. The van der Waals surface area contributed by atoms with Crippen LogP contribution < -0.4 is 4.74 Å². The first kappa shape index (κ1) is 18.9. The number of nitrogens with zero attached hydrogens (tertiary/aromatic N) is 2. The summed E-state index contributed by atoms with van der Waals surface area (Å²) in [5.74, 6) is 1.70. The molecule has 28 heavy (non-hydrogen) atoms. The van der Waals surface area contributed by atoms with Gasteiger partial charge in [-0.15, -0.1) is 0 Å². The van der Waals surface area contributed by atoms with Gasteiger partial charge in [0.05, 0.1) is 22.7 Å². The third-order valence-corrected chi connectivity index (χ3v) is 5.19. The third kappa shape index (κ3) is 4.16. The highest BCUT2D eigenvalue weighted by atomic mass is 35.5. The summed E-state index contributed by atoms with van der Waals surface area (Å²) < 4.78 is 8.07. The Labute approximate surface area is 174 Å². The van der Waals surface area contributed by atoms with Crippen LogP contribution >= 0.6 is 23.2 Å². The van der Waals surface area contributed by atoms with E-state index in [4.69, 9.17) is 32.9 Å². The minimum absolute atomic E-state index is 0.632. The van der Waals surface area contributed by atoms with E-state index in [2.05, 4.69) is 10.6 Å². The molecule has 1 aromatic heterocycles. The highest BCUT2D eigenvalue weighted by molar-refractivity contribution is 6.32. The van der Waals surface area contributed by atoms with E-state index in [1.807, 2.05) is 66.7 Å². The maximum Gasteiger partial charge on any atom is 0.141 e. The Bertz CT molecular complexity index is 1070. The molecule has 3 nitrogen and oxygen atoms in total. The van der Waals surface area contributed by atoms with Gasteiger partial charge in [-0.1, -0.05) is 47.5 Å². The lowest BCUT2D eigenvalue weighted by Crippen LogP contribution is -2.04. The number of hydrogen-bond donors (Lipinski definition) is 0. The molecule has 0 fully saturated rings. The van der Waals surface area contributed by atoms with Gasteiger partial charge < -0.3 is 9.30 Å². The molecule has 0 spiro atoms. The van der Waals surface area contributed by atoms with Gasteiger partial charge in [0, 0.05) is 17.1 Å². The predicted molar refractivity (Wildman–Crippen MR) is 116 cm³/mol. The van der Waals surface area contributed by atoms with Crippen molar-refractivity contribution < 1.29 is 4.74 Å². The highest BCUT2D eigenvalue weighted by Crippen LogP contribution is 2.27. The van der Waals surface area contributed by atoms with Crippen molar-refractivity contribution >= 4 is 34.2 Å². The molecule has 4 aromatic rings. The van der Waals surface area contributed by atoms with E-state index >= 15 is 0 Å². The molecule has 4 rings (SSSR count). The molecule has 0 aliphatic rings. The molecule has 142 valence electrons. The number of para-hydroxylation sites is 3. The van der Waals surface area contributed by atoms with Gasteiger partial charge in [-0.05, 0) is 61.4 Å². The zero-order valence-electron chi connectivity index (χ0n) is 15.3. The normalized spacial score (nSPS) is 11.1. The first-order valence-corrected chi connectivity index (χ1v) is 10.1. The van der Waals surface area contributed by atoms with Crippen LogP contribution in [0, 0.1) is 0 Å². The predicted octanol–water partition coefficient (Wildman–Crippen LogP) is 6.87. The summed E-state index contributed by atoms with van der Waals surface area (Å²) in [5.41, 5.74) is 3.20. The molecule has 0 saturated carbocycles. The second kappa shape index (κ2) is 8.68. The SMILES string of the molecule is Clc1ccc(-c2nc3ccccc3n2CCCCOc2ccccc2Cl)cc1. The lowest BCUT2D eigenvalue weighted by molar-refractivity contribution is 0.304. The topological polar surface area (TPSA) is 27.1 Å². The summed E-state index contributed by atoms with van der Waals surface area (Å²) in [7, 11) is 0. The number of fused-ring (bicyclic) bond motifs is 1. The van der Waals surface area contributed by atoms with Crippen molar-refractivity contribution in [3.8, 4) is 17.1 Å². The van der Waals surface area contributed by atoms with Crippen LogP contribution in [0.2, 0.25) is 10.0 Å². The van der Waals surface area contributed by atoms with Crippen molar-refractivity contribution in [1.82, 2.24) is 9.55 Å². The largest absolute Gasteiger partial charge is 0.492 e. The summed E-state index contributed by atoms with van der Waals surface area (Å²) in [5, 5.41) is 1.37. The van der Waals surface area contributed by atoms with E-state index in [9.17, 15) is 0 Å². The number of aromatic nitrogens is 2. The van der Waals surface area contributed by atoms with Crippen LogP contribution in [0.5, 0.6) is 5.75 Å². The first-order valence-electron chi connectivity index (χ1n) is 9.31. The Morgan fingerprint density at radius 3 is 2.39 bits per heavy atom. The maximum absolute atomic E-state index is 6.14. The molecule has 5 heteroatoms. The second-order valence-electron chi connectivity index (χ2n) is 6.57. The number of aryl methyl sites for hydroxylation is 1. The first-order chi connectivity index (χ1) is 13.7. The Kier molecular flexibility index (Phi) is 5.84. The molecule has 0 N–H and O–H groups in total. The van der Waals surface area contributed by atoms with Crippen molar-refractivity contribution in [2.45, 2.75) is 19.4 Å². The van der Waals surface area contributed by atoms with Crippen LogP contribution in [0.3, 0.4) is 0 Å². The number of ether oxygens (including phenoxy) is 1.